The van der Waals surface area contributed by atoms with Crippen molar-refractivity contribution in [2.45, 2.75) is 45.5 Å². The van der Waals surface area contributed by atoms with E-state index in [4.69, 9.17) is 14.0 Å². The Kier molecular flexibility index (Phi) is 4.12. The second-order valence-electron chi connectivity index (χ2n) is 6.62. The van der Waals surface area contributed by atoms with Gasteiger partial charge in [0.05, 0.1) is 11.2 Å². The van der Waals surface area contributed by atoms with E-state index in [1.807, 2.05) is 58.0 Å². The van der Waals surface area contributed by atoms with E-state index in [9.17, 15) is 0 Å². The van der Waals surface area contributed by atoms with Crippen LogP contribution in [-0.4, -0.2) is 28.3 Å². The van der Waals surface area contributed by atoms with E-state index < -0.39 is 18.3 Å². The standard InChI is InChI=1S/C17H21BN2O3/c1-16(2)17(3,4)23-18(22-16)15-19-11-10-14(20-15)21-12-13-8-6-5-7-9-13/h5-11H,12H2,1-4H3. The Balaban J connectivity index is 1.71. The van der Waals surface area contributed by atoms with Crippen LogP contribution in [-0.2, 0) is 15.9 Å². The van der Waals surface area contributed by atoms with Crippen LogP contribution in [0.2, 0.25) is 0 Å². The maximum absolute atomic E-state index is 5.97. The smallest absolute Gasteiger partial charge is 0.473 e. The van der Waals surface area contributed by atoms with Crippen molar-refractivity contribution in [1.82, 2.24) is 9.97 Å². The van der Waals surface area contributed by atoms with Gasteiger partial charge in [0.1, 0.15) is 6.61 Å². The Bertz CT molecular complexity index is 661. The zero-order chi connectivity index (χ0) is 16.5. The first-order chi connectivity index (χ1) is 10.9. The maximum atomic E-state index is 5.97. The van der Waals surface area contributed by atoms with Crippen LogP contribution in [0.4, 0.5) is 0 Å². The van der Waals surface area contributed by atoms with Crippen molar-refractivity contribution in [3.63, 3.8) is 0 Å². The van der Waals surface area contributed by atoms with E-state index in [2.05, 4.69) is 9.97 Å². The summed E-state index contributed by atoms with van der Waals surface area (Å²) in [5.74, 6) is 0.508. The molecule has 1 aliphatic heterocycles. The third-order valence-corrected chi connectivity index (χ3v) is 4.34. The lowest BCUT2D eigenvalue weighted by molar-refractivity contribution is 0.00578. The fourth-order valence-corrected chi connectivity index (χ4v) is 2.23. The minimum atomic E-state index is -0.583. The van der Waals surface area contributed by atoms with Crippen LogP contribution in [0.3, 0.4) is 0 Å². The van der Waals surface area contributed by atoms with Gasteiger partial charge >= 0.3 is 7.12 Å². The molecule has 1 aliphatic rings. The van der Waals surface area contributed by atoms with Crippen molar-refractivity contribution < 1.29 is 14.0 Å². The molecule has 0 aliphatic carbocycles. The van der Waals surface area contributed by atoms with Crippen molar-refractivity contribution in [1.29, 1.82) is 0 Å². The normalized spacial score (nSPS) is 18.9. The fourth-order valence-electron chi connectivity index (χ4n) is 2.23. The molecule has 0 atom stereocenters. The summed E-state index contributed by atoms with van der Waals surface area (Å²) >= 11 is 0. The van der Waals surface area contributed by atoms with Crippen LogP contribution < -0.4 is 10.5 Å². The molecule has 3 rings (SSSR count). The highest BCUT2D eigenvalue weighted by Gasteiger charge is 2.53. The Morgan fingerprint density at radius 1 is 1.00 bits per heavy atom. The first kappa shape index (κ1) is 16.0. The van der Waals surface area contributed by atoms with Crippen LogP contribution in [0.25, 0.3) is 0 Å². The molecule has 0 spiro atoms. The number of aromatic nitrogens is 2. The summed E-state index contributed by atoms with van der Waals surface area (Å²) in [5.41, 5.74) is 0.738. The van der Waals surface area contributed by atoms with Crippen molar-refractivity contribution in [2.24, 2.45) is 0 Å². The topological polar surface area (TPSA) is 53.5 Å². The average Bonchev–Trinajstić information content (AvgIpc) is 2.75. The highest BCUT2D eigenvalue weighted by atomic mass is 16.7. The van der Waals surface area contributed by atoms with Gasteiger partial charge in [0.2, 0.25) is 5.88 Å². The summed E-state index contributed by atoms with van der Waals surface area (Å²) < 4.78 is 17.7. The molecule has 1 aromatic heterocycles. The van der Waals surface area contributed by atoms with E-state index in [-0.39, 0.29) is 0 Å². The van der Waals surface area contributed by atoms with Gasteiger partial charge in [0, 0.05) is 12.3 Å². The van der Waals surface area contributed by atoms with Crippen molar-refractivity contribution in [3.05, 3.63) is 48.2 Å². The molecule has 1 aromatic carbocycles. The number of rotatable bonds is 4. The molecule has 120 valence electrons. The summed E-state index contributed by atoms with van der Waals surface area (Å²) in [5, 5.41) is 0. The average molecular weight is 312 g/mol. The lowest BCUT2D eigenvalue weighted by Crippen LogP contribution is -2.41. The SMILES string of the molecule is CC1(C)OB(c2nccc(OCc3ccccc3)n2)OC1(C)C. The molecule has 0 unspecified atom stereocenters. The third kappa shape index (κ3) is 3.38. The molecule has 5 nitrogen and oxygen atoms in total. The van der Waals surface area contributed by atoms with E-state index in [1.165, 1.54) is 0 Å². The van der Waals surface area contributed by atoms with Crippen LogP contribution in [0, 0.1) is 0 Å². The minimum absolute atomic E-state index is 0.415. The molecule has 0 N–H and O–H groups in total. The lowest BCUT2D eigenvalue weighted by atomic mass is 9.89. The number of benzene rings is 1. The van der Waals surface area contributed by atoms with Crippen LogP contribution >= 0.6 is 0 Å². The molecule has 2 aromatic rings. The third-order valence-electron chi connectivity index (χ3n) is 4.34. The lowest BCUT2D eigenvalue weighted by Gasteiger charge is -2.32. The van der Waals surface area contributed by atoms with E-state index in [0.29, 0.717) is 18.2 Å². The molecule has 1 fully saturated rings. The Morgan fingerprint density at radius 3 is 2.30 bits per heavy atom. The summed E-state index contributed by atoms with van der Waals surface area (Å²) in [6, 6.07) is 11.7. The van der Waals surface area contributed by atoms with Crippen LogP contribution in [0.5, 0.6) is 5.88 Å². The molecule has 0 bridgehead atoms. The van der Waals surface area contributed by atoms with Crippen molar-refractivity contribution in [2.75, 3.05) is 0 Å². The van der Waals surface area contributed by atoms with E-state index in [0.717, 1.165) is 5.56 Å². The second kappa shape index (κ2) is 5.94. The second-order valence-corrected chi connectivity index (χ2v) is 6.62. The van der Waals surface area contributed by atoms with Gasteiger partial charge in [-0.3, -0.25) is 0 Å². The predicted octanol–water partition coefficient (Wildman–Crippen LogP) is 2.35. The minimum Gasteiger partial charge on any atom is -0.473 e. The molecular weight excluding hydrogens is 291 g/mol. The molecule has 6 heteroatoms. The van der Waals surface area contributed by atoms with Crippen molar-refractivity contribution in [3.8, 4) is 5.88 Å². The number of hydrogen-bond acceptors (Lipinski definition) is 5. The molecule has 2 heterocycles. The summed E-state index contributed by atoms with van der Waals surface area (Å²) in [4.78, 5) is 8.68. The van der Waals surface area contributed by atoms with Crippen LogP contribution in [0.1, 0.15) is 33.3 Å². The Morgan fingerprint density at radius 2 is 1.65 bits per heavy atom. The Labute approximate surface area is 137 Å². The number of hydrogen-bond donors (Lipinski definition) is 0. The number of nitrogens with zero attached hydrogens (tertiary/aromatic N) is 2. The highest BCUT2D eigenvalue weighted by Crippen LogP contribution is 2.36. The molecule has 1 saturated heterocycles. The van der Waals surface area contributed by atoms with Gasteiger partial charge in [-0.05, 0) is 33.3 Å². The van der Waals surface area contributed by atoms with Gasteiger partial charge in [0.15, 0.2) is 5.72 Å². The van der Waals surface area contributed by atoms with Gasteiger partial charge in [-0.25, -0.2) is 9.97 Å². The zero-order valence-electron chi connectivity index (χ0n) is 13.9. The molecule has 0 amide bonds. The quantitative estimate of drug-likeness (QED) is 0.811. The van der Waals surface area contributed by atoms with Gasteiger partial charge < -0.3 is 14.0 Å². The summed E-state index contributed by atoms with van der Waals surface area (Å²) in [7, 11) is -0.583. The first-order valence-electron chi connectivity index (χ1n) is 7.73. The van der Waals surface area contributed by atoms with Crippen LogP contribution in [0.15, 0.2) is 42.6 Å². The molecule has 0 radical (unpaired) electrons. The van der Waals surface area contributed by atoms with Gasteiger partial charge in [0.25, 0.3) is 0 Å². The molecule has 23 heavy (non-hydrogen) atoms. The summed E-state index contributed by atoms with van der Waals surface area (Å²) in [6.07, 6.45) is 1.66. The summed E-state index contributed by atoms with van der Waals surface area (Å²) in [6.45, 7) is 8.47. The largest absolute Gasteiger partial charge is 0.534 e. The van der Waals surface area contributed by atoms with Gasteiger partial charge in [-0.1, -0.05) is 30.3 Å². The Hall–Kier alpha value is -1.92. The fraction of sp³-hybridized carbons (Fsp3) is 0.412. The predicted molar refractivity (Wildman–Crippen MR) is 88.5 cm³/mol. The molecule has 0 saturated carbocycles. The van der Waals surface area contributed by atoms with E-state index in [1.54, 1.807) is 12.3 Å². The monoisotopic (exact) mass is 312 g/mol. The maximum Gasteiger partial charge on any atom is 0.534 e. The van der Waals surface area contributed by atoms with Gasteiger partial charge in [-0.2, -0.15) is 0 Å². The van der Waals surface area contributed by atoms with Crippen molar-refractivity contribution >= 4 is 12.8 Å². The highest BCUT2D eigenvalue weighted by molar-refractivity contribution is 6.60. The van der Waals surface area contributed by atoms with Gasteiger partial charge in [-0.15, -0.1) is 0 Å². The molecular formula is C17H21BN2O3. The first-order valence-corrected chi connectivity index (χ1v) is 7.73. The van der Waals surface area contributed by atoms with E-state index >= 15 is 0 Å². The zero-order valence-corrected chi connectivity index (χ0v) is 13.9. The number of ether oxygens (including phenoxy) is 1.